The lowest BCUT2D eigenvalue weighted by molar-refractivity contribution is 1.08. The van der Waals surface area contributed by atoms with Gasteiger partial charge in [-0.1, -0.05) is 62.4 Å². The Bertz CT molecular complexity index is 1500. The molecule has 3 heteroatoms. The van der Waals surface area contributed by atoms with Crippen LogP contribution in [0.4, 0.5) is 0 Å². The second-order valence-corrected chi connectivity index (χ2v) is 7.66. The maximum absolute atomic E-state index is 4.92. The molecule has 0 amide bonds. The summed E-state index contributed by atoms with van der Waals surface area (Å²) in [6.45, 7) is 4.45. The van der Waals surface area contributed by atoms with E-state index in [4.69, 9.17) is 9.97 Å². The van der Waals surface area contributed by atoms with E-state index in [2.05, 4.69) is 72.8 Å². The third-order valence-corrected chi connectivity index (χ3v) is 6.22. The largest absolute Gasteiger partial charge is 0.276 e. The van der Waals surface area contributed by atoms with Crippen molar-refractivity contribution in [2.75, 3.05) is 0 Å². The Balaban J connectivity index is 1.89. The van der Waals surface area contributed by atoms with Crippen molar-refractivity contribution in [3.8, 4) is 11.3 Å². The first-order valence-electron chi connectivity index (χ1n) is 10.3. The van der Waals surface area contributed by atoms with Crippen molar-refractivity contribution >= 4 is 38.2 Å². The highest BCUT2D eigenvalue weighted by atomic mass is 15.1. The van der Waals surface area contributed by atoms with Gasteiger partial charge >= 0.3 is 0 Å². The third-order valence-electron chi connectivity index (χ3n) is 6.22. The van der Waals surface area contributed by atoms with Crippen LogP contribution in [-0.4, -0.2) is 14.4 Å². The van der Waals surface area contributed by atoms with Gasteiger partial charge in [0.05, 0.1) is 11.9 Å². The van der Waals surface area contributed by atoms with Crippen LogP contribution in [0.2, 0.25) is 0 Å². The fourth-order valence-corrected chi connectivity index (χ4v) is 4.89. The molecule has 0 saturated carbocycles. The zero-order valence-corrected chi connectivity index (χ0v) is 16.6. The molecule has 0 radical (unpaired) electrons. The van der Waals surface area contributed by atoms with Crippen LogP contribution >= 0.6 is 0 Å². The summed E-state index contributed by atoms with van der Waals surface area (Å²) in [6.07, 6.45) is 5.94. The zero-order chi connectivity index (χ0) is 19.5. The second kappa shape index (κ2) is 6.02. The van der Waals surface area contributed by atoms with E-state index in [-0.39, 0.29) is 0 Å². The molecule has 3 nitrogen and oxygen atoms in total. The maximum atomic E-state index is 4.92. The lowest BCUT2D eigenvalue weighted by Gasteiger charge is -2.16. The van der Waals surface area contributed by atoms with Gasteiger partial charge in [0.2, 0.25) is 0 Å². The van der Waals surface area contributed by atoms with Crippen molar-refractivity contribution in [1.82, 2.24) is 14.4 Å². The fourth-order valence-electron chi connectivity index (χ4n) is 4.89. The number of aryl methyl sites for hydroxylation is 2. The van der Waals surface area contributed by atoms with Gasteiger partial charge in [0.15, 0.2) is 0 Å². The summed E-state index contributed by atoms with van der Waals surface area (Å²) in [7, 11) is 0. The van der Waals surface area contributed by atoms with Crippen molar-refractivity contribution in [2.24, 2.45) is 0 Å². The third kappa shape index (κ3) is 2.13. The number of hydrogen-bond acceptors (Lipinski definition) is 2. The molecule has 0 spiro atoms. The van der Waals surface area contributed by atoms with E-state index in [1.165, 1.54) is 43.6 Å². The SMILES string of the molecule is CCc1cccc(CC)c1-c1cnc2c3cccc4ccc5ccnc(c5c43)n12. The van der Waals surface area contributed by atoms with E-state index in [0.717, 1.165) is 29.8 Å². The molecule has 3 aromatic heterocycles. The van der Waals surface area contributed by atoms with E-state index < -0.39 is 0 Å². The predicted octanol–water partition coefficient (Wildman–Crippen LogP) is 6.42. The summed E-state index contributed by atoms with van der Waals surface area (Å²) < 4.78 is 2.28. The molecule has 0 saturated heterocycles. The van der Waals surface area contributed by atoms with Gasteiger partial charge in [-0.3, -0.25) is 4.40 Å². The summed E-state index contributed by atoms with van der Waals surface area (Å²) in [5.41, 5.74) is 7.13. The Morgan fingerprint density at radius 2 is 1.45 bits per heavy atom. The van der Waals surface area contributed by atoms with Gasteiger partial charge in [-0.15, -0.1) is 0 Å². The molecule has 0 N–H and O–H groups in total. The number of fused-ring (bicyclic) bond motifs is 3. The first-order chi connectivity index (χ1) is 14.3. The van der Waals surface area contributed by atoms with E-state index >= 15 is 0 Å². The van der Waals surface area contributed by atoms with Gasteiger partial charge in [-0.2, -0.15) is 0 Å². The first-order valence-corrected chi connectivity index (χ1v) is 10.3. The second-order valence-electron chi connectivity index (χ2n) is 7.66. The van der Waals surface area contributed by atoms with E-state index in [1.807, 2.05) is 12.4 Å². The Kier molecular flexibility index (Phi) is 3.42. The number of hydrogen-bond donors (Lipinski definition) is 0. The highest BCUT2D eigenvalue weighted by molar-refractivity contribution is 6.24. The average Bonchev–Trinajstić information content (AvgIpc) is 3.22. The standard InChI is InChI=1S/C26H21N3/c1-3-16-7-5-8-17(4-2)22(16)21-15-28-25-20-10-6-9-18-11-12-19-13-14-27-26(29(21)25)24(19)23(18)20/h5-15H,3-4H2,1-2H3. The van der Waals surface area contributed by atoms with Crippen LogP contribution in [0.1, 0.15) is 25.0 Å². The van der Waals surface area contributed by atoms with Gasteiger partial charge in [0, 0.05) is 27.9 Å². The molecule has 0 bridgehead atoms. The Morgan fingerprint density at radius 3 is 2.21 bits per heavy atom. The number of benzene rings is 3. The number of rotatable bonds is 3. The van der Waals surface area contributed by atoms with Crippen molar-refractivity contribution < 1.29 is 0 Å². The van der Waals surface area contributed by atoms with Crippen molar-refractivity contribution in [3.63, 3.8) is 0 Å². The molecule has 3 aromatic carbocycles. The van der Waals surface area contributed by atoms with Crippen LogP contribution in [-0.2, 0) is 12.8 Å². The monoisotopic (exact) mass is 375 g/mol. The average molecular weight is 375 g/mol. The molecule has 0 aliphatic heterocycles. The highest BCUT2D eigenvalue weighted by Crippen LogP contribution is 2.39. The molecule has 0 unspecified atom stereocenters. The first kappa shape index (κ1) is 16.5. The zero-order valence-electron chi connectivity index (χ0n) is 16.6. The summed E-state index contributed by atoms with van der Waals surface area (Å²) in [6, 6.07) is 19.6. The van der Waals surface area contributed by atoms with E-state index in [0.29, 0.717) is 0 Å². The topological polar surface area (TPSA) is 30.2 Å². The molecule has 140 valence electrons. The van der Waals surface area contributed by atoms with Gasteiger partial charge in [-0.25, -0.2) is 9.97 Å². The lowest BCUT2D eigenvalue weighted by Crippen LogP contribution is -2.01. The van der Waals surface area contributed by atoms with Gasteiger partial charge in [-0.05, 0) is 40.8 Å². The van der Waals surface area contributed by atoms with Crippen LogP contribution < -0.4 is 0 Å². The Morgan fingerprint density at radius 1 is 0.724 bits per heavy atom. The minimum Gasteiger partial charge on any atom is -0.276 e. The molecule has 3 heterocycles. The van der Waals surface area contributed by atoms with Gasteiger partial charge in [0.1, 0.15) is 11.3 Å². The van der Waals surface area contributed by atoms with E-state index in [9.17, 15) is 0 Å². The van der Waals surface area contributed by atoms with Gasteiger partial charge in [0.25, 0.3) is 0 Å². The molecule has 0 aliphatic carbocycles. The summed E-state index contributed by atoms with van der Waals surface area (Å²) >= 11 is 0. The summed E-state index contributed by atoms with van der Waals surface area (Å²) in [4.78, 5) is 9.77. The quantitative estimate of drug-likeness (QED) is 0.334. The molecule has 0 atom stereocenters. The smallest absolute Gasteiger partial charge is 0.147 e. The minimum absolute atomic E-state index is 0.984. The Hall–Kier alpha value is -3.46. The molecular formula is C26H21N3. The highest BCUT2D eigenvalue weighted by Gasteiger charge is 2.20. The fraction of sp³-hybridized carbons (Fsp3) is 0.154. The van der Waals surface area contributed by atoms with Crippen LogP contribution in [0, 0.1) is 0 Å². The normalized spacial score (nSPS) is 12.1. The summed E-state index contributed by atoms with van der Waals surface area (Å²) in [5, 5.41) is 6.13. The molecule has 0 aliphatic rings. The van der Waals surface area contributed by atoms with Crippen molar-refractivity contribution in [1.29, 1.82) is 0 Å². The maximum Gasteiger partial charge on any atom is 0.147 e. The molecule has 6 aromatic rings. The number of nitrogens with zero attached hydrogens (tertiary/aromatic N) is 3. The van der Waals surface area contributed by atoms with Crippen LogP contribution in [0.5, 0.6) is 0 Å². The van der Waals surface area contributed by atoms with Crippen LogP contribution in [0.25, 0.3) is 49.5 Å². The lowest BCUT2D eigenvalue weighted by atomic mass is 9.95. The molecular weight excluding hydrogens is 354 g/mol. The molecule has 0 fully saturated rings. The van der Waals surface area contributed by atoms with Crippen molar-refractivity contribution in [2.45, 2.75) is 26.7 Å². The number of imidazole rings is 1. The van der Waals surface area contributed by atoms with Crippen molar-refractivity contribution in [3.05, 3.63) is 78.1 Å². The molecule has 6 rings (SSSR count). The Labute approximate surface area is 169 Å². The van der Waals surface area contributed by atoms with E-state index in [1.54, 1.807) is 0 Å². The minimum atomic E-state index is 0.984. The summed E-state index contributed by atoms with van der Waals surface area (Å²) in [5.74, 6) is 0. The predicted molar refractivity (Wildman–Crippen MR) is 121 cm³/mol. The number of aromatic nitrogens is 3. The van der Waals surface area contributed by atoms with Crippen LogP contribution in [0.3, 0.4) is 0 Å². The molecule has 29 heavy (non-hydrogen) atoms. The number of pyridine rings is 2. The van der Waals surface area contributed by atoms with Gasteiger partial charge < -0.3 is 0 Å². The van der Waals surface area contributed by atoms with Crippen LogP contribution in [0.15, 0.2) is 67.0 Å².